The molecule has 2 unspecified atom stereocenters. The zero-order valence-corrected chi connectivity index (χ0v) is 9.69. The van der Waals surface area contributed by atoms with E-state index in [9.17, 15) is 0 Å². The first kappa shape index (κ1) is 13.2. The first-order valence-corrected chi connectivity index (χ1v) is 6.09. The van der Waals surface area contributed by atoms with Crippen molar-refractivity contribution in [2.24, 2.45) is 11.8 Å². The summed E-state index contributed by atoms with van der Waals surface area (Å²) in [5, 5.41) is 0. The number of nitrogens with one attached hydrogen (secondary N) is 1. The summed E-state index contributed by atoms with van der Waals surface area (Å²) >= 11 is 1.86. The molecule has 0 saturated carbocycles. The van der Waals surface area contributed by atoms with E-state index in [4.69, 9.17) is 10.6 Å². The van der Waals surface area contributed by atoms with Gasteiger partial charge in [0.05, 0.1) is 0 Å². The number of thioether (sulfide) groups is 1. The third-order valence-corrected chi connectivity index (χ3v) is 2.96. The Hall–Kier alpha value is 0.230. The fourth-order valence-electron chi connectivity index (χ4n) is 1.28. The van der Waals surface area contributed by atoms with E-state index in [1.54, 1.807) is 7.11 Å². The van der Waals surface area contributed by atoms with Crippen molar-refractivity contribution < 1.29 is 4.74 Å². The number of hydrogen-bond donors (Lipinski definition) is 2. The Morgan fingerprint density at radius 3 is 2.62 bits per heavy atom. The second-order valence-corrected chi connectivity index (χ2v) is 4.30. The summed E-state index contributed by atoms with van der Waals surface area (Å²) in [5.74, 6) is 7.23. The smallest absolute Gasteiger partial charge is 0.0465 e. The van der Waals surface area contributed by atoms with Gasteiger partial charge >= 0.3 is 0 Å². The maximum Gasteiger partial charge on any atom is 0.0465 e. The van der Waals surface area contributed by atoms with Crippen molar-refractivity contribution in [1.82, 2.24) is 5.43 Å². The number of methoxy groups -OCH3 is 1. The van der Waals surface area contributed by atoms with Gasteiger partial charge in [-0.3, -0.25) is 11.3 Å². The van der Waals surface area contributed by atoms with E-state index in [1.807, 2.05) is 11.8 Å². The molecule has 0 aromatic heterocycles. The van der Waals surface area contributed by atoms with Crippen LogP contribution in [0.25, 0.3) is 0 Å². The van der Waals surface area contributed by atoms with E-state index in [0.29, 0.717) is 12.0 Å². The Kier molecular flexibility index (Phi) is 8.97. The number of rotatable bonds is 8. The molecule has 3 N–H and O–H groups in total. The molecule has 13 heavy (non-hydrogen) atoms. The summed E-state index contributed by atoms with van der Waals surface area (Å²) in [7, 11) is 1.74. The quantitative estimate of drug-likeness (QED) is 0.463. The highest BCUT2D eigenvalue weighted by Crippen LogP contribution is 2.12. The lowest BCUT2D eigenvalue weighted by atomic mass is 9.97. The average molecular weight is 206 g/mol. The van der Waals surface area contributed by atoms with E-state index in [2.05, 4.69) is 18.6 Å². The number of hydrogen-bond acceptors (Lipinski definition) is 4. The second kappa shape index (κ2) is 8.81. The summed E-state index contributed by atoms with van der Waals surface area (Å²) < 4.78 is 5.04. The molecule has 0 aromatic rings. The molecule has 3 nitrogen and oxygen atoms in total. The van der Waals surface area contributed by atoms with Gasteiger partial charge in [-0.25, -0.2) is 0 Å². The Morgan fingerprint density at radius 2 is 2.15 bits per heavy atom. The molecule has 0 fully saturated rings. The number of ether oxygens (including phenoxy) is 1. The molecular formula is C9H22N2OS. The lowest BCUT2D eigenvalue weighted by Gasteiger charge is -2.22. The van der Waals surface area contributed by atoms with Gasteiger partial charge in [-0.05, 0) is 30.8 Å². The highest BCUT2D eigenvalue weighted by Gasteiger charge is 2.14. The Bertz CT molecular complexity index is 114. The van der Waals surface area contributed by atoms with Crippen LogP contribution in [-0.2, 0) is 4.74 Å². The van der Waals surface area contributed by atoms with Crippen LogP contribution in [0.1, 0.15) is 19.8 Å². The standard InChI is InChI=1S/C9H22N2OS/c1-8(4-6-12-2)9(11-10)5-7-13-3/h8-9,11H,4-7,10H2,1-3H3. The third kappa shape index (κ3) is 6.32. The van der Waals surface area contributed by atoms with Crippen LogP contribution in [0.4, 0.5) is 0 Å². The van der Waals surface area contributed by atoms with Crippen LogP contribution in [-0.4, -0.2) is 31.8 Å². The first-order chi connectivity index (χ1) is 6.26. The van der Waals surface area contributed by atoms with Gasteiger partial charge in [0, 0.05) is 19.8 Å². The van der Waals surface area contributed by atoms with E-state index >= 15 is 0 Å². The molecule has 0 aliphatic carbocycles. The van der Waals surface area contributed by atoms with Crippen molar-refractivity contribution in [3.63, 3.8) is 0 Å². The molecule has 4 heteroatoms. The average Bonchev–Trinajstić information content (AvgIpc) is 2.16. The fourth-order valence-corrected chi connectivity index (χ4v) is 1.77. The predicted octanol–water partition coefficient (Wildman–Crippen LogP) is 1.24. The lowest BCUT2D eigenvalue weighted by molar-refractivity contribution is 0.169. The molecule has 0 radical (unpaired) electrons. The largest absolute Gasteiger partial charge is 0.385 e. The van der Waals surface area contributed by atoms with Crippen LogP contribution in [0.2, 0.25) is 0 Å². The summed E-state index contributed by atoms with van der Waals surface area (Å²) in [6, 6.07) is 0.419. The van der Waals surface area contributed by atoms with Crippen LogP contribution in [0.15, 0.2) is 0 Å². The minimum absolute atomic E-state index is 0.419. The molecule has 0 aromatic carbocycles. The highest BCUT2D eigenvalue weighted by molar-refractivity contribution is 7.98. The topological polar surface area (TPSA) is 47.3 Å². The van der Waals surface area contributed by atoms with Crippen molar-refractivity contribution in [2.45, 2.75) is 25.8 Å². The molecule has 80 valence electrons. The molecule has 0 amide bonds. The van der Waals surface area contributed by atoms with Gasteiger partial charge in [0.1, 0.15) is 0 Å². The second-order valence-electron chi connectivity index (χ2n) is 3.31. The van der Waals surface area contributed by atoms with Crippen LogP contribution >= 0.6 is 11.8 Å². The van der Waals surface area contributed by atoms with E-state index in [1.165, 1.54) is 0 Å². The highest BCUT2D eigenvalue weighted by atomic mass is 32.2. The van der Waals surface area contributed by atoms with Crippen LogP contribution in [0, 0.1) is 5.92 Å². The van der Waals surface area contributed by atoms with Gasteiger partial charge in [-0.2, -0.15) is 11.8 Å². The van der Waals surface area contributed by atoms with E-state index in [-0.39, 0.29) is 0 Å². The van der Waals surface area contributed by atoms with Crippen molar-refractivity contribution in [3.05, 3.63) is 0 Å². The van der Waals surface area contributed by atoms with Crippen LogP contribution < -0.4 is 11.3 Å². The van der Waals surface area contributed by atoms with E-state index < -0.39 is 0 Å². The summed E-state index contributed by atoms with van der Waals surface area (Å²) in [5.41, 5.74) is 2.88. The maximum atomic E-state index is 5.49. The zero-order valence-electron chi connectivity index (χ0n) is 8.88. The Labute approximate surface area is 85.8 Å². The molecule has 0 bridgehead atoms. The van der Waals surface area contributed by atoms with Gasteiger partial charge < -0.3 is 4.74 Å². The Balaban J connectivity index is 3.63. The maximum absolute atomic E-state index is 5.49. The van der Waals surface area contributed by atoms with Crippen molar-refractivity contribution in [1.29, 1.82) is 0 Å². The van der Waals surface area contributed by atoms with Gasteiger partial charge in [-0.1, -0.05) is 6.92 Å². The lowest BCUT2D eigenvalue weighted by Crippen LogP contribution is -2.40. The minimum Gasteiger partial charge on any atom is -0.385 e. The van der Waals surface area contributed by atoms with E-state index in [0.717, 1.165) is 25.2 Å². The summed E-state index contributed by atoms with van der Waals surface area (Å²) in [6.07, 6.45) is 4.32. The number of hydrazine groups is 1. The van der Waals surface area contributed by atoms with Crippen LogP contribution in [0.5, 0.6) is 0 Å². The summed E-state index contributed by atoms with van der Waals surface area (Å²) in [4.78, 5) is 0. The van der Waals surface area contributed by atoms with Crippen LogP contribution in [0.3, 0.4) is 0 Å². The molecule has 0 aliphatic rings. The van der Waals surface area contributed by atoms with Crippen molar-refractivity contribution in [3.8, 4) is 0 Å². The predicted molar refractivity (Wildman–Crippen MR) is 59.8 cm³/mol. The van der Waals surface area contributed by atoms with Gasteiger partial charge in [0.15, 0.2) is 0 Å². The van der Waals surface area contributed by atoms with Gasteiger partial charge in [0.2, 0.25) is 0 Å². The number of nitrogens with two attached hydrogens (primary N) is 1. The minimum atomic E-state index is 0.419. The molecule has 0 heterocycles. The molecule has 0 spiro atoms. The molecule has 0 saturated heterocycles. The zero-order chi connectivity index (χ0) is 10.1. The monoisotopic (exact) mass is 206 g/mol. The summed E-state index contributed by atoms with van der Waals surface area (Å²) in [6.45, 7) is 3.03. The molecule has 2 atom stereocenters. The van der Waals surface area contributed by atoms with Gasteiger partial charge in [0.25, 0.3) is 0 Å². The van der Waals surface area contributed by atoms with Gasteiger partial charge in [-0.15, -0.1) is 0 Å². The SMILES string of the molecule is COCCC(C)C(CCSC)NN. The van der Waals surface area contributed by atoms with Crippen molar-refractivity contribution in [2.75, 3.05) is 25.7 Å². The Morgan fingerprint density at radius 1 is 1.46 bits per heavy atom. The molecular weight excluding hydrogens is 184 g/mol. The van der Waals surface area contributed by atoms with Crippen molar-refractivity contribution >= 4 is 11.8 Å². The third-order valence-electron chi connectivity index (χ3n) is 2.31. The fraction of sp³-hybridized carbons (Fsp3) is 1.00. The first-order valence-electron chi connectivity index (χ1n) is 4.70. The molecule has 0 aliphatic heterocycles. The molecule has 0 rings (SSSR count). The normalized spacial score (nSPS) is 15.7.